The largest absolute Gasteiger partial charge is 0.466 e. The average molecular weight is 274 g/mol. The standard InChI is InChI=1S/C10H20O2.C5H10O2/c1-4-6-7-10(5-2)8-12-9(3)11;1-3-4-7-5(2)6/h10H,4-8H2,1-3H3;3-4H2,1-2H3. The third-order valence-corrected chi connectivity index (χ3v) is 2.58. The lowest BCUT2D eigenvalue weighted by molar-refractivity contribution is -0.142. The smallest absolute Gasteiger partial charge is 0.302 e. The fraction of sp³-hybridized carbons (Fsp3) is 0.867. The van der Waals surface area contributed by atoms with E-state index in [2.05, 4.69) is 18.6 Å². The molecule has 0 rings (SSSR count). The summed E-state index contributed by atoms with van der Waals surface area (Å²) in [7, 11) is 0. The molecule has 114 valence electrons. The van der Waals surface area contributed by atoms with Gasteiger partial charge in [0.15, 0.2) is 0 Å². The van der Waals surface area contributed by atoms with Crippen LogP contribution in [0.5, 0.6) is 0 Å². The minimum atomic E-state index is -0.193. The van der Waals surface area contributed by atoms with Crippen molar-refractivity contribution in [2.24, 2.45) is 5.92 Å². The van der Waals surface area contributed by atoms with E-state index >= 15 is 0 Å². The van der Waals surface area contributed by atoms with E-state index in [0.29, 0.717) is 19.1 Å². The van der Waals surface area contributed by atoms with Gasteiger partial charge in [0.2, 0.25) is 0 Å². The minimum Gasteiger partial charge on any atom is -0.466 e. The zero-order chi connectivity index (χ0) is 15.1. The highest BCUT2D eigenvalue weighted by atomic mass is 16.5. The number of hydrogen-bond donors (Lipinski definition) is 0. The summed E-state index contributed by atoms with van der Waals surface area (Å²) in [6.45, 7) is 10.3. The van der Waals surface area contributed by atoms with Crippen molar-refractivity contribution in [2.75, 3.05) is 13.2 Å². The molecular weight excluding hydrogens is 244 g/mol. The van der Waals surface area contributed by atoms with Gasteiger partial charge in [0, 0.05) is 13.8 Å². The van der Waals surface area contributed by atoms with Crippen molar-refractivity contribution >= 4 is 11.9 Å². The maximum atomic E-state index is 10.5. The summed E-state index contributed by atoms with van der Waals surface area (Å²) >= 11 is 0. The molecule has 4 heteroatoms. The first-order valence-corrected chi connectivity index (χ1v) is 7.24. The zero-order valence-corrected chi connectivity index (χ0v) is 13.2. The summed E-state index contributed by atoms with van der Waals surface area (Å²) in [4.78, 5) is 20.5. The van der Waals surface area contributed by atoms with Gasteiger partial charge in [-0.15, -0.1) is 0 Å². The van der Waals surface area contributed by atoms with Crippen LogP contribution >= 0.6 is 0 Å². The van der Waals surface area contributed by atoms with Crippen LogP contribution in [0.25, 0.3) is 0 Å². The highest BCUT2D eigenvalue weighted by Gasteiger charge is 2.06. The van der Waals surface area contributed by atoms with Gasteiger partial charge in [-0.2, -0.15) is 0 Å². The molecule has 0 fully saturated rings. The van der Waals surface area contributed by atoms with Crippen molar-refractivity contribution in [3.63, 3.8) is 0 Å². The molecule has 19 heavy (non-hydrogen) atoms. The molecular formula is C15H30O4. The van der Waals surface area contributed by atoms with Crippen LogP contribution in [0.15, 0.2) is 0 Å². The van der Waals surface area contributed by atoms with Crippen LogP contribution in [0.3, 0.4) is 0 Å². The predicted octanol–water partition coefficient (Wildman–Crippen LogP) is 3.73. The summed E-state index contributed by atoms with van der Waals surface area (Å²) in [5.41, 5.74) is 0. The molecule has 0 aliphatic rings. The van der Waals surface area contributed by atoms with Gasteiger partial charge in [-0.1, -0.05) is 40.0 Å². The van der Waals surface area contributed by atoms with Gasteiger partial charge in [-0.3, -0.25) is 9.59 Å². The molecule has 4 nitrogen and oxygen atoms in total. The van der Waals surface area contributed by atoms with Crippen molar-refractivity contribution in [1.82, 2.24) is 0 Å². The zero-order valence-electron chi connectivity index (χ0n) is 13.2. The normalized spacial score (nSPS) is 11.0. The lowest BCUT2D eigenvalue weighted by Crippen LogP contribution is -2.11. The Morgan fingerprint density at radius 1 is 0.947 bits per heavy atom. The molecule has 0 saturated carbocycles. The van der Waals surface area contributed by atoms with Crippen LogP contribution in [-0.4, -0.2) is 25.2 Å². The van der Waals surface area contributed by atoms with Gasteiger partial charge in [0.05, 0.1) is 13.2 Å². The molecule has 0 radical (unpaired) electrons. The van der Waals surface area contributed by atoms with Crippen LogP contribution in [0.2, 0.25) is 0 Å². The second-order valence-corrected chi connectivity index (χ2v) is 4.56. The fourth-order valence-corrected chi connectivity index (χ4v) is 1.38. The molecule has 0 saturated heterocycles. The van der Waals surface area contributed by atoms with E-state index in [0.717, 1.165) is 12.8 Å². The van der Waals surface area contributed by atoms with Crippen molar-refractivity contribution < 1.29 is 19.1 Å². The van der Waals surface area contributed by atoms with Gasteiger partial charge in [0.1, 0.15) is 0 Å². The Balaban J connectivity index is 0. The lowest BCUT2D eigenvalue weighted by atomic mass is 10.0. The molecule has 1 atom stereocenters. The summed E-state index contributed by atoms with van der Waals surface area (Å²) < 4.78 is 9.51. The second kappa shape index (κ2) is 15.0. The molecule has 0 amide bonds. The Kier molecular flexibility index (Phi) is 16.0. The second-order valence-electron chi connectivity index (χ2n) is 4.56. The maximum absolute atomic E-state index is 10.5. The number of esters is 2. The van der Waals surface area contributed by atoms with Crippen LogP contribution in [0.4, 0.5) is 0 Å². The third kappa shape index (κ3) is 19.5. The number of carbonyl (C=O) groups is 2. The molecule has 0 bridgehead atoms. The SMILES string of the molecule is CCCCC(CC)COC(C)=O.CCCOC(C)=O. The molecule has 0 N–H and O–H groups in total. The van der Waals surface area contributed by atoms with Gasteiger partial charge in [-0.05, 0) is 18.8 Å². The first-order valence-electron chi connectivity index (χ1n) is 7.24. The van der Waals surface area contributed by atoms with Gasteiger partial charge in [0.25, 0.3) is 0 Å². The molecule has 0 heterocycles. The Morgan fingerprint density at radius 2 is 1.53 bits per heavy atom. The van der Waals surface area contributed by atoms with Crippen LogP contribution in [0.1, 0.15) is 66.7 Å². The minimum absolute atomic E-state index is 0.162. The van der Waals surface area contributed by atoms with Crippen LogP contribution in [0, 0.1) is 5.92 Å². The molecule has 0 aromatic rings. The Morgan fingerprint density at radius 3 is 1.84 bits per heavy atom. The summed E-state index contributed by atoms with van der Waals surface area (Å²) in [5.74, 6) is 0.209. The predicted molar refractivity (Wildman–Crippen MR) is 76.9 cm³/mol. The molecule has 0 aliphatic heterocycles. The monoisotopic (exact) mass is 274 g/mol. The van der Waals surface area contributed by atoms with Gasteiger partial charge >= 0.3 is 11.9 Å². The van der Waals surface area contributed by atoms with Crippen molar-refractivity contribution in [3.8, 4) is 0 Å². The summed E-state index contributed by atoms with van der Waals surface area (Å²) in [6, 6.07) is 0. The maximum Gasteiger partial charge on any atom is 0.302 e. The number of carbonyl (C=O) groups excluding carboxylic acids is 2. The highest BCUT2D eigenvalue weighted by Crippen LogP contribution is 2.12. The Labute approximate surface area is 117 Å². The molecule has 0 spiro atoms. The number of ether oxygens (including phenoxy) is 2. The van der Waals surface area contributed by atoms with Crippen molar-refractivity contribution in [2.45, 2.75) is 66.7 Å². The quantitative estimate of drug-likeness (QED) is 0.633. The van der Waals surface area contributed by atoms with Gasteiger partial charge in [-0.25, -0.2) is 0 Å². The summed E-state index contributed by atoms with van der Waals surface area (Å²) in [5, 5.41) is 0. The van der Waals surface area contributed by atoms with E-state index in [-0.39, 0.29) is 11.9 Å². The number of unbranched alkanes of at least 4 members (excludes halogenated alkanes) is 1. The first kappa shape index (κ1) is 20.3. The Hall–Kier alpha value is -1.06. The molecule has 1 unspecified atom stereocenters. The summed E-state index contributed by atoms with van der Waals surface area (Å²) in [6.07, 6.45) is 5.64. The van der Waals surface area contributed by atoms with E-state index in [4.69, 9.17) is 4.74 Å². The molecule has 0 aromatic heterocycles. The third-order valence-electron chi connectivity index (χ3n) is 2.58. The fourth-order valence-electron chi connectivity index (χ4n) is 1.38. The highest BCUT2D eigenvalue weighted by molar-refractivity contribution is 5.66. The van der Waals surface area contributed by atoms with E-state index in [1.54, 1.807) is 0 Å². The molecule has 0 aliphatic carbocycles. The van der Waals surface area contributed by atoms with E-state index < -0.39 is 0 Å². The van der Waals surface area contributed by atoms with E-state index in [1.807, 2.05) is 6.92 Å². The van der Waals surface area contributed by atoms with Crippen LogP contribution < -0.4 is 0 Å². The average Bonchev–Trinajstić information content (AvgIpc) is 2.37. The number of hydrogen-bond acceptors (Lipinski definition) is 4. The van der Waals surface area contributed by atoms with Crippen molar-refractivity contribution in [1.29, 1.82) is 0 Å². The number of rotatable bonds is 8. The first-order chi connectivity index (χ1) is 8.97. The van der Waals surface area contributed by atoms with E-state index in [9.17, 15) is 9.59 Å². The lowest BCUT2D eigenvalue weighted by Gasteiger charge is -2.13. The van der Waals surface area contributed by atoms with Gasteiger partial charge < -0.3 is 9.47 Å². The Bertz CT molecular complexity index is 226. The van der Waals surface area contributed by atoms with E-state index in [1.165, 1.54) is 33.1 Å². The molecule has 0 aromatic carbocycles. The van der Waals surface area contributed by atoms with Crippen molar-refractivity contribution in [3.05, 3.63) is 0 Å². The van der Waals surface area contributed by atoms with Crippen LogP contribution in [-0.2, 0) is 19.1 Å². The topological polar surface area (TPSA) is 52.6 Å².